The van der Waals surface area contributed by atoms with Gasteiger partial charge in [0.2, 0.25) is 0 Å². The maximum absolute atomic E-state index is 10.8. The van der Waals surface area contributed by atoms with E-state index < -0.39 is 5.97 Å². The first kappa shape index (κ1) is 25.7. The molecule has 0 saturated heterocycles. The summed E-state index contributed by atoms with van der Waals surface area (Å²) in [7, 11) is 0. The number of carboxylic acid groups (broad SMARTS) is 1. The minimum atomic E-state index is -0.929. The molecule has 0 amide bonds. The van der Waals surface area contributed by atoms with Gasteiger partial charge in [-0.2, -0.15) is 0 Å². The van der Waals surface area contributed by atoms with E-state index in [4.69, 9.17) is 9.84 Å². The molecule has 0 atom stereocenters. The molecule has 1 N–H and O–H groups in total. The minimum Gasteiger partial charge on any atom is -0.493 e. The second kappa shape index (κ2) is 10.7. The molecule has 0 aliphatic rings. The van der Waals surface area contributed by atoms with Crippen LogP contribution in [0, 0.1) is 0 Å². The topological polar surface area (TPSA) is 46.5 Å². The largest absolute Gasteiger partial charge is 0.493 e. The van der Waals surface area contributed by atoms with E-state index in [0.29, 0.717) is 5.57 Å². The highest BCUT2D eigenvalue weighted by atomic mass is 16.5. The van der Waals surface area contributed by atoms with E-state index in [1.54, 1.807) is 6.92 Å². The van der Waals surface area contributed by atoms with E-state index in [1.807, 2.05) is 18.2 Å². The molecule has 1 aromatic rings. The Balaban J connectivity index is 3.52. The molecule has 30 heavy (non-hydrogen) atoms. The minimum absolute atomic E-state index is 0.0471. The first-order chi connectivity index (χ1) is 13.8. The number of carboxylic acids is 1. The van der Waals surface area contributed by atoms with Gasteiger partial charge in [-0.05, 0) is 59.9 Å². The van der Waals surface area contributed by atoms with Crippen LogP contribution in [-0.4, -0.2) is 17.7 Å². The maximum Gasteiger partial charge on any atom is 0.328 e. The van der Waals surface area contributed by atoms with Gasteiger partial charge < -0.3 is 9.84 Å². The number of ether oxygens (including phenoxy) is 1. The molecule has 0 saturated carbocycles. The molecule has 166 valence electrons. The third-order valence-electron chi connectivity index (χ3n) is 4.96. The van der Waals surface area contributed by atoms with Gasteiger partial charge in [0.15, 0.2) is 0 Å². The average molecular weight is 413 g/mol. The van der Waals surface area contributed by atoms with Gasteiger partial charge in [0.25, 0.3) is 0 Å². The van der Waals surface area contributed by atoms with Crippen LogP contribution in [0.25, 0.3) is 5.57 Å². The Bertz CT molecular complexity index is 790. The molecule has 0 unspecified atom stereocenters. The summed E-state index contributed by atoms with van der Waals surface area (Å²) < 4.78 is 6.35. The Labute approximate surface area is 183 Å². The lowest BCUT2D eigenvalue weighted by atomic mass is 9.77. The van der Waals surface area contributed by atoms with Crippen molar-refractivity contribution in [3.05, 3.63) is 58.7 Å². The monoisotopic (exact) mass is 412 g/mol. The Morgan fingerprint density at radius 1 is 1.03 bits per heavy atom. The lowest BCUT2D eigenvalue weighted by Gasteiger charge is -2.31. The van der Waals surface area contributed by atoms with Crippen LogP contribution >= 0.6 is 0 Å². The van der Waals surface area contributed by atoms with Crippen molar-refractivity contribution in [2.75, 3.05) is 6.61 Å². The van der Waals surface area contributed by atoms with Crippen LogP contribution in [0.15, 0.2) is 42.0 Å². The molecular formula is C27H40O3. The van der Waals surface area contributed by atoms with Crippen LogP contribution in [-0.2, 0) is 15.6 Å². The zero-order valence-electron chi connectivity index (χ0n) is 20.3. The summed E-state index contributed by atoms with van der Waals surface area (Å²) in [5.41, 5.74) is 5.35. The van der Waals surface area contributed by atoms with Crippen LogP contribution in [0.4, 0.5) is 0 Å². The van der Waals surface area contributed by atoms with Gasteiger partial charge in [0.1, 0.15) is 5.75 Å². The Morgan fingerprint density at radius 3 is 2.00 bits per heavy atom. The van der Waals surface area contributed by atoms with E-state index in [-0.39, 0.29) is 10.8 Å². The lowest BCUT2D eigenvalue weighted by Crippen LogP contribution is -2.20. The van der Waals surface area contributed by atoms with Crippen molar-refractivity contribution in [3.8, 4) is 5.75 Å². The first-order valence-electron chi connectivity index (χ1n) is 10.9. The van der Waals surface area contributed by atoms with E-state index in [0.717, 1.165) is 36.3 Å². The average Bonchev–Trinajstić information content (AvgIpc) is 2.59. The standard InChI is InChI=1S/C27H40O3/c1-10-11-15-30-25-22(26(4,5)6)17-21(18-23(25)27(7,8)9)20(3)14-12-13-19(2)16-24(28)29/h12-14,16-18H,10-11,15H2,1-9H3,(H,28,29)/b13-12?,19-16?,20-14+. The predicted octanol–water partition coefficient (Wildman–Crippen LogP) is 7.45. The number of hydrogen-bond acceptors (Lipinski definition) is 2. The SMILES string of the molecule is CCCCOc1c(C(C)(C)C)cc(/C(C)=C/C=CC(C)=CC(=O)O)cc1C(C)(C)C. The second-order valence-corrected chi connectivity index (χ2v) is 10.0. The molecule has 3 nitrogen and oxygen atoms in total. The zero-order chi connectivity index (χ0) is 23.1. The highest BCUT2D eigenvalue weighted by molar-refractivity contribution is 5.81. The predicted molar refractivity (Wildman–Crippen MR) is 128 cm³/mol. The quantitative estimate of drug-likeness (QED) is 0.274. The molecule has 1 aromatic carbocycles. The van der Waals surface area contributed by atoms with E-state index >= 15 is 0 Å². The lowest BCUT2D eigenvalue weighted by molar-refractivity contribution is -0.131. The third-order valence-corrected chi connectivity index (χ3v) is 4.96. The molecule has 0 radical (unpaired) electrons. The molecule has 1 rings (SSSR count). The number of allylic oxidation sites excluding steroid dienone is 5. The van der Waals surface area contributed by atoms with Crippen LogP contribution < -0.4 is 4.74 Å². The highest BCUT2D eigenvalue weighted by Crippen LogP contribution is 2.42. The molecule has 0 spiro atoms. The van der Waals surface area contributed by atoms with Crippen molar-refractivity contribution in [1.82, 2.24) is 0 Å². The van der Waals surface area contributed by atoms with Gasteiger partial charge in [0, 0.05) is 17.2 Å². The summed E-state index contributed by atoms with van der Waals surface area (Å²) in [6.45, 7) is 20.1. The van der Waals surface area contributed by atoms with Crippen molar-refractivity contribution in [2.45, 2.75) is 86.0 Å². The summed E-state index contributed by atoms with van der Waals surface area (Å²) in [5, 5.41) is 8.85. The van der Waals surface area contributed by atoms with Crippen molar-refractivity contribution in [1.29, 1.82) is 0 Å². The summed E-state index contributed by atoms with van der Waals surface area (Å²) in [5.74, 6) is 0.0944. The number of hydrogen-bond donors (Lipinski definition) is 1. The summed E-state index contributed by atoms with van der Waals surface area (Å²) in [6.07, 6.45) is 9.11. The maximum atomic E-state index is 10.8. The van der Waals surface area contributed by atoms with E-state index in [1.165, 1.54) is 17.2 Å². The molecule has 0 aliphatic carbocycles. The number of aliphatic carboxylic acids is 1. The van der Waals surface area contributed by atoms with E-state index in [2.05, 4.69) is 67.5 Å². The van der Waals surface area contributed by atoms with Crippen molar-refractivity contribution in [2.24, 2.45) is 0 Å². The van der Waals surface area contributed by atoms with E-state index in [9.17, 15) is 4.79 Å². The number of rotatable bonds is 8. The fourth-order valence-electron chi connectivity index (χ4n) is 3.13. The molecule has 0 aliphatic heterocycles. The number of benzene rings is 1. The van der Waals surface area contributed by atoms with Gasteiger partial charge in [-0.15, -0.1) is 0 Å². The Hall–Kier alpha value is -2.29. The fourth-order valence-corrected chi connectivity index (χ4v) is 3.13. The Kier molecular flexibility index (Phi) is 9.14. The highest BCUT2D eigenvalue weighted by Gasteiger charge is 2.28. The summed E-state index contributed by atoms with van der Waals surface area (Å²) >= 11 is 0. The van der Waals surface area contributed by atoms with Gasteiger partial charge >= 0.3 is 5.97 Å². The van der Waals surface area contributed by atoms with Gasteiger partial charge in [-0.3, -0.25) is 0 Å². The van der Waals surface area contributed by atoms with Crippen LogP contribution in [0.1, 0.15) is 91.8 Å². The van der Waals surface area contributed by atoms with Crippen molar-refractivity contribution in [3.63, 3.8) is 0 Å². The number of carbonyl (C=O) groups is 1. The molecule has 0 aromatic heterocycles. The molecular weight excluding hydrogens is 372 g/mol. The molecule has 0 bridgehead atoms. The van der Waals surface area contributed by atoms with Gasteiger partial charge in [-0.25, -0.2) is 4.79 Å². The van der Waals surface area contributed by atoms with Crippen LogP contribution in [0.5, 0.6) is 5.75 Å². The third kappa shape index (κ3) is 7.85. The normalized spacial score (nSPS) is 13.8. The van der Waals surface area contributed by atoms with Crippen molar-refractivity contribution >= 4 is 11.5 Å². The summed E-state index contributed by atoms with van der Waals surface area (Å²) in [6, 6.07) is 4.49. The molecule has 0 heterocycles. The second-order valence-electron chi connectivity index (χ2n) is 10.0. The smallest absolute Gasteiger partial charge is 0.328 e. The zero-order valence-corrected chi connectivity index (χ0v) is 20.3. The van der Waals surface area contributed by atoms with Crippen molar-refractivity contribution < 1.29 is 14.6 Å². The first-order valence-corrected chi connectivity index (χ1v) is 10.9. The van der Waals surface area contributed by atoms with Gasteiger partial charge in [-0.1, -0.05) is 73.1 Å². The fraction of sp³-hybridized carbons (Fsp3) is 0.519. The van der Waals surface area contributed by atoms with Gasteiger partial charge in [0.05, 0.1) is 6.61 Å². The molecule has 0 fully saturated rings. The Morgan fingerprint density at radius 2 is 1.57 bits per heavy atom. The molecule has 3 heteroatoms. The van der Waals surface area contributed by atoms with Crippen LogP contribution in [0.3, 0.4) is 0 Å². The summed E-state index contributed by atoms with van der Waals surface area (Å²) in [4.78, 5) is 10.8. The number of unbranched alkanes of at least 4 members (excludes halogenated alkanes) is 1. The van der Waals surface area contributed by atoms with Crippen LogP contribution in [0.2, 0.25) is 0 Å².